The van der Waals surface area contributed by atoms with Crippen LogP contribution in [-0.4, -0.2) is 76.3 Å². The summed E-state index contributed by atoms with van der Waals surface area (Å²) < 4.78 is 40.7. The smallest absolute Gasteiger partial charge is 0.298 e. The van der Waals surface area contributed by atoms with Gasteiger partial charge in [-0.05, 0) is 56.2 Å². The molecule has 4 heterocycles. The summed E-state index contributed by atoms with van der Waals surface area (Å²) >= 11 is 0. The minimum atomic E-state index is -4.05. The second-order valence-corrected chi connectivity index (χ2v) is 10.5. The third-order valence-electron chi connectivity index (χ3n) is 7.97. The number of aromatic nitrogens is 2. The summed E-state index contributed by atoms with van der Waals surface area (Å²) in [6, 6.07) is 3.98. The molecule has 2 aromatic rings. The van der Waals surface area contributed by atoms with Crippen molar-refractivity contribution in [1.29, 1.82) is 0 Å². The third-order valence-corrected chi connectivity index (χ3v) is 7.97. The van der Waals surface area contributed by atoms with Gasteiger partial charge in [0.25, 0.3) is 0 Å². The fourth-order valence-electron chi connectivity index (χ4n) is 5.86. The number of nitrogens with zero attached hydrogens (tertiary/aromatic N) is 5. The molecule has 1 atom stereocenters. The monoisotopic (exact) mass is 506 g/mol. The van der Waals surface area contributed by atoms with E-state index in [0.29, 0.717) is 37.0 Å². The first-order valence-electron chi connectivity index (χ1n) is 12.8. The highest BCUT2D eigenvalue weighted by atomic mass is 19.4. The molecule has 11 heteroatoms. The SMILES string of the molecule is C[C@H]1CN(Cc2ccn3ncc(N4CCC(=O)NC4=O)c3c2)CCN1CC1CCC(C(F)(F)F)CC1. The van der Waals surface area contributed by atoms with Crippen LogP contribution < -0.4 is 10.2 Å². The number of alkyl halides is 3. The predicted molar refractivity (Wildman–Crippen MR) is 129 cm³/mol. The van der Waals surface area contributed by atoms with Gasteiger partial charge in [0.05, 0.1) is 23.3 Å². The minimum absolute atomic E-state index is 0.259. The summed E-state index contributed by atoms with van der Waals surface area (Å²) in [5, 5.41) is 6.72. The summed E-state index contributed by atoms with van der Waals surface area (Å²) in [5.74, 6) is -1.04. The number of anilines is 1. The molecule has 8 nitrogen and oxygen atoms in total. The molecule has 3 aliphatic rings. The Morgan fingerprint density at radius 2 is 1.89 bits per heavy atom. The lowest BCUT2D eigenvalue weighted by Gasteiger charge is -2.42. The van der Waals surface area contributed by atoms with Gasteiger partial charge in [0.15, 0.2) is 0 Å². The molecule has 196 valence electrons. The van der Waals surface area contributed by atoms with E-state index in [4.69, 9.17) is 0 Å². The number of halogens is 3. The number of amides is 3. The lowest BCUT2D eigenvalue weighted by molar-refractivity contribution is -0.184. The molecule has 1 N–H and O–H groups in total. The standard InChI is InChI=1S/C25H33F3N6O2/c1-17-14-31(10-11-32(17)16-18-2-4-20(5-3-18)25(26,27)28)15-19-6-9-34-21(12-19)22(13-29-34)33-8-7-23(35)30-24(33)36/h6,9,12-13,17-18,20H,2-5,7-8,10-11,14-16H2,1H3,(H,30,35,36)/t17-,18?,20?/m0/s1. The molecule has 3 fully saturated rings. The van der Waals surface area contributed by atoms with E-state index in [-0.39, 0.29) is 25.2 Å². The Kier molecular flexibility index (Phi) is 6.95. The number of imide groups is 1. The second kappa shape index (κ2) is 10.0. The molecule has 0 unspecified atom stereocenters. The summed E-state index contributed by atoms with van der Waals surface area (Å²) in [5.41, 5.74) is 2.61. The van der Waals surface area contributed by atoms with E-state index in [9.17, 15) is 22.8 Å². The average molecular weight is 507 g/mol. The molecule has 3 amide bonds. The van der Waals surface area contributed by atoms with E-state index >= 15 is 0 Å². The summed E-state index contributed by atoms with van der Waals surface area (Å²) in [6.07, 6.45) is 1.59. The normalized spacial score (nSPS) is 27.0. The molecule has 1 saturated carbocycles. The maximum Gasteiger partial charge on any atom is 0.391 e. The number of fused-ring (bicyclic) bond motifs is 1. The van der Waals surface area contributed by atoms with Gasteiger partial charge in [0.1, 0.15) is 0 Å². The molecule has 2 aliphatic heterocycles. The first-order valence-corrected chi connectivity index (χ1v) is 12.8. The molecular weight excluding hydrogens is 473 g/mol. The molecular formula is C25H33F3N6O2. The highest BCUT2D eigenvalue weighted by molar-refractivity contribution is 6.07. The Morgan fingerprint density at radius 1 is 1.11 bits per heavy atom. The first kappa shape index (κ1) is 25.0. The first-order chi connectivity index (χ1) is 17.2. The Morgan fingerprint density at radius 3 is 2.58 bits per heavy atom. The number of piperazine rings is 1. The molecule has 0 aromatic carbocycles. The van der Waals surface area contributed by atoms with E-state index < -0.39 is 18.1 Å². The zero-order valence-electron chi connectivity index (χ0n) is 20.5. The Labute approximate surface area is 208 Å². The van der Waals surface area contributed by atoms with Gasteiger partial charge < -0.3 is 0 Å². The number of carbonyl (C=O) groups excluding carboxylic acids is 2. The van der Waals surface area contributed by atoms with Crippen molar-refractivity contribution in [2.24, 2.45) is 11.8 Å². The van der Waals surface area contributed by atoms with Crippen LogP contribution in [0.25, 0.3) is 5.52 Å². The van der Waals surface area contributed by atoms with Gasteiger partial charge in [-0.3, -0.25) is 24.8 Å². The van der Waals surface area contributed by atoms with Gasteiger partial charge in [-0.1, -0.05) is 0 Å². The van der Waals surface area contributed by atoms with Gasteiger partial charge in [0.2, 0.25) is 5.91 Å². The highest BCUT2D eigenvalue weighted by Crippen LogP contribution is 2.40. The van der Waals surface area contributed by atoms with Crippen LogP contribution in [0.3, 0.4) is 0 Å². The molecule has 0 spiro atoms. The van der Waals surface area contributed by atoms with Crippen LogP contribution in [0, 0.1) is 11.8 Å². The van der Waals surface area contributed by atoms with E-state index in [1.54, 1.807) is 15.6 Å². The number of carbonyl (C=O) groups is 2. The Balaban J connectivity index is 1.17. The quantitative estimate of drug-likeness (QED) is 0.670. The molecule has 1 aliphatic carbocycles. The summed E-state index contributed by atoms with van der Waals surface area (Å²) in [7, 11) is 0. The molecule has 5 rings (SSSR count). The lowest BCUT2D eigenvalue weighted by atomic mass is 9.81. The third kappa shape index (κ3) is 5.36. The van der Waals surface area contributed by atoms with Crippen LogP contribution in [0.4, 0.5) is 23.7 Å². The van der Waals surface area contributed by atoms with Gasteiger partial charge in [0, 0.05) is 57.9 Å². The van der Waals surface area contributed by atoms with E-state index in [1.165, 1.54) is 0 Å². The van der Waals surface area contributed by atoms with Crippen LogP contribution in [-0.2, 0) is 11.3 Å². The zero-order chi connectivity index (χ0) is 25.4. The Hall–Kier alpha value is -2.66. The van der Waals surface area contributed by atoms with Crippen molar-refractivity contribution in [2.45, 2.75) is 57.8 Å². The molecule has 2 aromatic heterocycles. The number of nitrogens with one attached hydrogen (secondary N) is 1. The van der Waals surface area contributed by atoms with Crippen molar-refractivity contribution < 1.29 is 22.8 Å². The van der Waals surface area contributed by atoms with Crippen LogP contribution in [0.15, 0.2) is 24.5 Å². The van der Waals surface area contributed by atoms with Gasteiger partial charge in [-0.2, -0.15) is 18.3 Å². The molecule has 0 bridgehead atoms. The number of rotatable bonds is 5. The van der Waals surface area contributed by atoms with Crippen LogP contribution in [0.1, 0.15) is 44.6 Å². The van der Waals surface area contributed by atoms with Crippen molar-refractivity contribution in [1.82, 2.24) is 24.7 Å². The average Bonchev–Trinajstić information content (AvgIpc) is 3.24. The number of hydrogen-bond acceptors (Lipinski definition) is 5. The van der Waals surface area contributed by atoms with Crippen molar-refractivity contribution in [3.8, 4) is 0 Å². The molecule has 0 radical (unpaired) electrons. The van der Waals surface area contributed by atoms with Crippen LogP contribution >= 0.6 is 0 Å². The Bertz CT molecular complexity index is 1110. The second-order valence-electron chi connectivity index (χ2n) is 10.5. The van der Waals surface area contributed by atoms with Gasteiger partial charge >= 0.3 is 12.2 Å². The zero-order valence-corrected chi connectivity index (χ0v) is 20.5. The maximum absolute atomic E-state index is 13.0. The van der Waals surface area contributed by atoms with E-state index in [0.717, 1.165) is 43.8 Å². The summed E-state index contributed by atoms with van der Waals surface area (Å²) in [6.45, 7) is 6.87. The van der Waals surface area contributed by atoms with E-state index in [2.05, 4.69) is 27.1 Å². The highest BCUT2D eigenvalue weighted by Gasteiger charge is 2.41. The van der Waals surface area contributed by atoms with Crippen LogP contribution in [0.5, 0.6) is 0 Å². The number of urea groups is 1. The van der Waals surface area contributed by atoms with Crippen LogP contribution in [0.2, 0.25) is 0 Å². The van der Waals surface area contributed by atoms with Gasteiger partial charge in [-0.15, -0.1) is 0 Å². The van der Waals surface area contributed by atoms with Crippen molar-refractivity contribution >= 4 is 23.1 Å². The topological polar surface area (TPSA) is 73.2 Å². The summed E-state index contributed by atoms with van der Waals surface area (Å²) in [4.78, 5) is 30.2. The van der Waals surface area contributed by atoms with Crippen molar-refractivity contribution in [2.75, 3.05) is 37.6 Å². The molecule has 2 saturated heterocycles. The van der Waals surface area contributed by atoms with Crippen molar-refractivity contribution in [3.05, 3.63) is 30.1 Å². The molecule has 36 heavy (non-hydrogen) atoms. The fraction of sp³-hybridized carbons (Fsp3) is 0.640. The maximum atomic E-state index is 13.0. The minimum Gasteiger partial charge on any atom is -0.298 e. The largest absolute Gasteiger partial charge is 0.391 e. The predicted octanol–water partition coefficient (Wildman–Crippen LogP) is 3.66. The number of pyridine rings is 1. The van der Waals surface area contributed by atoms with E-state index in [1.807, 2.05) is 18.3 Å². The number of hydrogen-bond donors (Lipinski definition) is 1. The van der Waals surface area contributed by atoms with Gasteiger partial charge in [-0.25, -0.2) is 9.31 Å². The fourth-order valence-corrected chi connectivity index (χ4v) is 5.86. The lowest BCUT2D eigenvalue weighted by Crippen LogP contribution is -2.52. The van der Waals surface area contributed by atoms with Crippen molar-refractivity contribution in [3.63, 3.8) is 0 Å².